The van der Waals surface area contributed by atoms with E-state index < -0.39 is 10.0 Å². The molecule has 1 N–H and O–H groups in total. The Morgan fingerprint density at radius 1 is 1.21 bits per heavy atom. The van der Waals surface area contributed by atoms with Crippen LogP contribution in [-0.2, 0) is 10.0 Å². The van der Waals surface area contributed by atoms with Crippen LogP contribution in [0.25, 0.3) is 0 Å². The maximum Gasteiger partial charge on any atom is 0.240 e. The number of benzene rings is 1. The Bertz CT molecular complexity index is 735. The number of sulfonamides is 1. The van der Waals surface area contributed by atoms with Crippen LogP contribution in [0.2, 0.25) is 0 Å². The number of methoxy groups -OCH3 is 1. The summed E-state index contributed by atoms with van der Waals surface area (Å²) >= 11 is 0. The number of likely N-dealkylation sites (tertiary alicyclic amines) is 1. The van der Waals surface area contributed by atoms with E-state index in [1.165, 1.54) is 0 Å². The molecule has 1 aromatic carbocycles. The topological polar surface area (TPSA) is 71.8 Å². The lowest BCUT2D eigenvalue weighted by atomic mass is 10.2. The van der Waals surface area contributed by atoms with Gasteiger partial charge in [-0.3, -0.25) is 4.90 Å². The molecule has 2 heterocycles. The van der Waals surface area contributed by atoms with Crippen molar-refractivity contribution in [2.45, 2.75) is 23.8 Å². The van der Waals surface area contributed by atoms with E-state index in [1.54, 1.807) is 37.6 Å². The van der Waals surface area contributed by atoms with Crippen molar-refractivity contribution >= 4 is 10.0 Å². The molecule has 6 nitrogen and oxygen atoms in total. The standard InChI is InChI=1S/C17H22N2O4S/c1-22-14-6-8-15(9-7-14)24(20,21)18-13-16(17-5-4-12-23-17)19-10-2-3-11-19/h4-9,12,16,18H,2-3,10-11,13H2,1H3/t16-/m0/s1. The predicted molar refractivity (Wildman–Crippen MR) is 90.4 cm³/mol. The van der Waals surface area contributed by atoms with E-state index in [0.717, 1.165) is 31.7 Å². The molecule has 1 aromatic heterocycles. The third-order valence-corrected chi connectivity index (χ3v) is 5.73. The molecule has 1 atom stereocenters. The number of hydrogen-bond acceptors (Lipinski definition) is 5. The molecule has 0 amide bonds. The van der Waals surface area contributed by atoms with Gasteiger partial charge in [0.1, 0.15) is 11.5 Å². The number of ether oxygens (including phenoxy) is 1. The maximum absolute atomic E-state index is 12.5. The van der Waals surface area contributed by atoms with E-state index in [-0.39, 0.29) is 17.5 Å². The summed E-state index contributed by atoms with van der Waals surface area (Å²) in [6, 6.07) is 9.99. The first-order valence-corrected chi connectivity index (χ1v) is 9.49. The van der Waals surface area contributed by atoms with Gasteiger partial charge in [-0.15, -0.1) is 0 Å². The summed E-state index contributed by atoms with van der Waals surface area (Å²) in [5.41, 5.74) is 0. The summed E-state index contributed by atoms with van der Waals surface area (Å²) in [4.78, 5) is 2.48. The number of nitrogens with zero attached hydrogens (tertiary/aromatic N) is 1. The van der Waals surface area contributed by atoms with Crippen molar-refractivity contribution in [2.75, 3.05) is 26.7 Å². The van der Waals surface area contributed by atoms with E-state index in [4.69, 9.17) is 9.15 Å². The summed E-state index contributed by atoms with van der Waals surface area (Å²) in [7, 11) is -2.03. The van der Waals surface area contributed by atoms with Gasteiger partial charge in [-0.05, 0) is 62.3 Å². The molecule has 0 radical (unpaired) electrons. The first-order valence-electron chi connectivity index (χ1n) is 8.01. The number of nitrogens with one attached hydrogen (secondary N) is 1. The van der Waals surface area contributed by atoms with E-state index in [9.17, 15) is 8.42 Å². The van der Waals surface area contributed by atoms with Crippen LogP contribution in [0, 0.1) is 0 Å². The smallest absolute Gasteiger partial charge is 0.240 e. The third-order valence-electron chi connectivity index (χ3n) is 4.29. The molecule has 130 valence electrons. The second-order valence-corrected chi connectivity index (χ2v) is 7.57. The molecule has 1 aliphatic rings. The normalized spacial score (nSPS) is 17.0. The summed E-state index contributed by atoms with van der Waals surface area (Å²) in [5.74, 6) is 1.41. The Balaban J connectivity index is 1.73. The fraction of sp³-hybridized carbons (Fsp3) is 0.412. The zero-order valence-electron chi connectivity index (χ0n) is 13.6. The predicted octanol–water partition coefficient (Wildman–Crippen LogP) is 2.40. The van der Waals surface area contributed by atoms with Crippen LogP contribution in [0.5, 0.6) is 5.75 Å². The lowest BCUT2D eigenvalue weighted by molar-refractivity contribution is 0.216. The highest BCUT2D eigenvalue weighted by Gasteiger charge is 2.27. The van der Waals surface area contributed by atoms with Gasteiger partial charge in [0, 0.05) is 6.54 Å². The van der Waals surface area contributed by atoms with E-state index in [0.29, 0.717) is 5.75 Å². The second-order valence-electron chi connectivity index (χ2n) is 5.80. The molecule has 2 aromatic rings. The largest absolute Gasteiger partial charge is 0.497 e. The van der Waals surface area contributed by atoms with Crippen molar-refractivity contribution in [1.29, 1.82) is 0 Å². The van der Waals surface area contributed by atoms with Crippen LogP contribution in [0.1, 0.15) is 24.6 Å². The average Bonchev–Trinajstić information content (AvgIpc) is 3.29. The molecule has 24 heavy (non-hydrogen) atoms. The van der Waals surface area contributed by atoms with E-state index >= 15 is 0 Å². The molecule has 3 rings (SSSR count). The minimum atomic E-state index is -3.57. The number of rotatable bonds is 7. The van der Waals surface area contributed by atoms with Gasteiger partial charge in [0.25, 0.3) is 0 Å². The highest BCUT2D eigenvalue weighted by Crippen LogP contribution is 2.25. The Labute approximate surface area is 142 Å². The monoisotopic (exact) mass is 350 g/mol. The van der Waals surface area contributed by atoms with Crippen LogP contribution >= 0.6 is 0 Å². The van der Waals surface area contributed by atoms with E-state index in [1.807, 2.05) is 12.1 Å². The van der Waals surface area contributed by atoms with Gasteiger partial charge >= 0.3 is 0 Å². The highest BCUT2D eigenvalue weighted by atomic mass is 32.2. The van der Waals surface area contributed by atoms with Crippen LogP contribution in [0.4, 0.5) is 0 Å². The molecule has 0 unspecified atom stereocenters. The molecule has 0 aliphatic carbocycles. The molecule has 0 saturated carbocycles. The van der Waals surface area contributed by atoms with Gasteiger partial charge < -0.3 is 9.15 Å². The Morgan fingerprint density at radius 2 is 1.92 bits per heavy atom. The molecule has 0 bridgehead atoms. The first kappa shape index (κ1) is 17.0. The number of hydrogen-bond donors (Lipinski definition) is 1. The summed E-state index contributed by atoms with van der Waals surface area (Å²) in [6.07, 6.45) is 3.88. The van der Waals surface area contributed by atoms with Crippen LogP contribution in [0.3, 0.4) is 0 Å². The molecule has 1 saturated heterocycles. The van der Waals surface area contributed by atoms with Crippen molar-refractivity contribution < 1.29 is 17.6 Å². The first-order chi connectivity index (χ1) is 11.6. The Morgan fingerprint density at radius 3 is 2.50 bits per heavy atom. The zero-order valence-corrected chi connectivity index (χ0v) is 14.5. The fourth-order valence-corrected chi connectivity index (χ4v) is 4.01. The van der Waals surface area contributed by atoms with Gasteiger partial charge in [0.05, 0.1) is 24.3 Å². The van der Waals surface area contributed by atoms with Crippen LogP contribution in [0.15, 0.2) is 52.0 Å². The summed E-state index contributed by atoms with van der Waals surface area (Å²) < 4.78 is 38.3. The van der Waals surface area contributed by atoms with E-state index in [2.05, 4.69) is 9.62 Å². The average molecular weight is 350 g/mol. The van der Waals surface area contributed by atoms with Crippen molar-refractivity contribution in [3.8, 4) is 5.75 Å². The third kappa shape index (κ3) is 3.80. The molecular weight excluding hydrogens is 328 g/mol. The minimum Gasteiger partial charge on any atom is -0.497 e. The van der Waals surface area contributed by atoms with Crippen molar-refractivity contribution in [2.24, 2.45) is 0 Å². The summed E-state index contributed by atoms with van der Waals surface area (Å²) in [5, 5.41) is 0. The maximum atomic E-state index is 12.5. The second kappa shape index (κ2) is 7.38. The van der Waals surface area contributed by atoms with Gasteiger partial charge in [-0.25, -0.2) is 13.1 Å². The van der Waals surface area contributed by atoms with Gasteiger partial charge in [0.15, 0.2) is 0 Å². The van der Waals surface area contributed by atoms with Crippen molar-refractivity contribution in [3.05, 3.63) is 48.4 Å². The lowest BCUT2D eigenvalue weighted by Gasteiger charge is -2.25. The Hall–Kier alpha value is -1.83. The van der Waals surface area contributed by atoms with Crippen molar-refractivity contribution in [1.82, 2.24) is 9.62 Å². The van der Waals surface area contributed by atoms with Crippen LogP contribution < -0.4 is 9.46 Å². The van der Waals surface area contributed by atoms with Crippen LogP contribution in [-0.4, -0.2) is 40.1 Å². The van der Waals surface area contributed by atoms with Gasteiger partial charge in [-0.1, -0.05) is 0 Å². The Kier molecular flexibility index (Phi) is 5.23. The highest BCUT2D eigenvalue weighted by molar-refractivity contribution is 7.89. The fourth-order valence-electron chi connectivity index (χ4n) is 2.97. The van der Waals surface area contributed by atoms with Gasteiger partial charge in [-0.2, -0.15) is 0 Å². The molecule has 1 fully saturated rings. The van der Waals surface area contributed by atoms with Crippen molar-refractivity contribution in [3.63, 3.8) is 0 Å². The number of furan rings is 1. The quantitative estimate of drug-likeness (QED) is 0.830. The lowest BCUT2D eigenvalue weighted by Crippen LogP contribution is -2.36. The SMILES string of the molecule is COc1ccc(S(=O)(=O)NC[C@@H](c2ccco2)N2CCCC2)cc1. The summed E-state index contributed by atoms with van der Waals surface area (Å²) in [6.45, 7) is 2.19. The van der Waals surface area contributed by atoms with Gasteiger partial charge in [0.2, 0.25) is 10.0 Å². The molecular formula is C17H22N2O4S. The molecule has 0 spiro atoms. The molecule has 1 aliphatic heterocycles. The zero-order chi connectivity index (χ0) is 17.0. The molecule has 7 heteroatoms. The minimum absolute atomic E-state index is 0.0875.